The summed E-state index contributed by atoms with van der Waals surface area (Å²) < 4.78 is 7.19. The van der Waals surface area contributed by atoms with Crippen LogP contribution in [0.3, 0.4) is 0 Å². The fraction of sp³-hybridized carbons (Fsp3) is 0. The summed E-state index contributed by atoms with van der Waals surface area (Å²) in [6, 6.07) is 87.2. The minimum absolute atomic E-state index is 0.665. The summed E-state index contributed by atoms with van der Waals surface area (Å²) in [5, 5.41) is 9.60. The molecule has 0 N–H and O–H groups in total. The maximum atomic E-state index is 5.43. The van der Waals surface area contributed by atoms with Crippen LogP contribution in [-0.4, -0.2) is 28.7 Å². The molecule has 0 radical (unpaired) electrons. The van der Waals surface area contributed by atoms with Gasteiger partial charge in [0.1, 0.15) is 0 Å². The van der Waals surface area contributed by atoms with E-state index in [4.69, 9.17) is 9.97 Å². The standard InChI is InChI=1S/C67H42N6/c1-2-15-44(16-3-1)67-69-59(43-29-32-48(33-30-43)71-65-28-13-8-22-57(65)58-39-45(31-34-66(58)71)51-23-14-17-46-42-68-36-35-52(46)51)41-60(70-67)47-37-49(72-61-24-9-4-18-53(61)54-19-5-10-25-62(54)72)40-50(38-47)73-63-26-11-6-20-55(63)56-21-7-12-27-64(56)73/h1-42H. The predicted molar refractivity (Wildman–Crippen MR) is 302 cm³/mol. The molecule has 0 saturated carbocycles. The van der Waals surface area contributed by atoms with Crippen LogP contribution in [0.5, 0.6) is 0 Å². The molecule has 5 heterocycles. The molecule has 6 nitrogen and oxygen atoms in total. The highest BCUT2D eigenvalue weighted by atomic mass is 15.0. The highest BCUT2D eigenvalue weighted by Gasteiger charge is 2.20. The lowest BCUT2D eigenvalue weighted by molar-refractivity contribution is 1.13. The summed E-state index contributed by atoms with van der Waals surface area (Å²) in [7, 11) is 0. The van der Waals surface area contributed by atoms with Gasteiger partial charge in [-0.05, 0) is 101 Å². The number of benzene rings is 10. The van der Waals surface area contributed by atoms with E-state index in [0.29, 0.717) is 5.82 Å². The van der Waals surface area contributed by atoms with Crippen LogP contribution < -0.4 is 0 Å². The Morgan fingerprint density at radius 3 is 1.33 bits per heavy atom. The molecule has 0 aliphatic heterocycles. The third kappa shape index (κ3) is 6.54. The molecule has 0 atom stereocenters. The first-order chi connectivity index (χ1) is 36.2. The van der Waals surface area contributed by atoms with Crippen LogP contribution in [0.15, 0.2) is 255 Å². The average molecular weight is 931 g/mol. The van der Waals surface area contributed by atoms with E-state index in [1.54, 1.807) is 0 Å². The Bertz CT molecular complexity index is 4430. The Morgan fingerprint density at radius 2 is 0.753 bits per heavy atom. The van der Waals surface area contributed by atoms with E-state index in [9.17, 15) is 0 Å². The van der Waals surface area contributed by atoms with Crippen molar-refractivity contribution < 1.29 is 0 Å². The van der Waals surface area contributed by atoms with E-state index in [1.807, 2.05) is 18.5 Å². The van der Waals surface area contributed by atoms with Crippen LogP contribution in [0.2, 0.25) is 0 Å². The van der Waals surface area contributed by atoms with Crippen molar-refractivity contribution in [3.8, 4) is 62.1 Å². The van der Waals surface area contributed by atoms with Gasteiger partial charge in [-0.15, -0.1) is 0 Å². The van der Waals surface area contributed by atoms with Crippen molar-refractivity contribution in [2.45, 2.75) is 0 Å². The van der Waals surface area contributed by atoms with E-state index in [0.717, 1.165) is 83.6 Å². The zero-order valence-corrected chi connectivity index (χ0v) is 39.4. The van der Waals surface area contributed by atoms with E-state index in [2.05, 4.69) is 255 Å². The quantitative estimate of drug-likeness (QED) is 0.160. The number of para-hydroxylation sites is 5. The van der Waals surface area contributed by atoms with E-state index >= 15 is 0 Å². The Morgan fingerprint density at radius 1 is 0.274 bits per heavy atom. The zero-order valence-electron chi connectivity index (χ0n) is 39.4. The number of nitrogens with zero attached hydrogens (tertiary/aromatic N) is 6. The third-order valence-electron chi connectivity index (χ3n) is 14.7. The maximum Gasteiger partial charge on any atom is 0.160 e. The molecule has 15 aromatic rings. The zero-order chi connectivity index (χ0) is 48.0. The Labute approximate surface area is 420 Å². The van der Waals surface area contributed by atoms with Crippen LogP contribution in [-0.2, 0) is 0 Å². The minimum atomic E-state index is 0.665. The summed E-state index contributed by atoms with van der Waals surface area (Å²) >= 11 is 0. The monoisotopic (exact) mass is 930 g/mol. The number of fused-ring (bicyclic) bond motifs is 10. The van der Waals surface area contributed by atoms with Gasteiger partial charge in [-0.2, -0.15) is 0 Å². The average Bonchev–Trinajstić information content (AvgIpc) is 4.11. The molecule has 6 heteroatoms. The van der Waals surface area contributed by atoms with Crippen LogP contribution in [0.25, 0.3) is 138 Å². The molecular formula is C67H42N6. The lowest BCUT2D eigenvalue weighted by Gasteiger charge is -2.16. The second-order valence-corrected chi connectivity index (χ2v) is 18.8. The van der Waals surface area contributed by atoms with Gasteiger partial charge in [-0.25, -0.2) is 9.97 Å². The molecule has 0 unspecified atom stereocenters. The van der Waals surface area contributed by atoms with Gasteiger partial charge in [0, 0.05) is 83.8 Å². The molecule has 0 amide bonds. The molecule has 0 aliphatic carbocycles. The molecule has 0 bridgehead atoms. The van der Waals surface area contributed by atoms with E-state index in [-0.39, 0.29) is 0 Å². The second-order valence-electron chi connectivity index (χ2n) is 18.8. The van der Waals surface area contributed by atoms with Crippen molar-refractivity contribution >= 4 is 76.2 Å². The lowest BCUT2D eigenvalue weighted by atomic mass is 9.98. The Hall–Kier alpha value is -9.91. The fourth-order valence-corrected chi connectivity index (χ4v) is 11.4. The third-order valence-corrected chi connectivity index (χ3v) is 14.7. The first kappa shape index (κ1) is 40.9. The molecule has 10 aromatic carbocycles. The Kier molecular flexibility index (Phi) is 9.16. The molecule has 73 heavy (non-hydrogen) atoms. The Balaban J connectivity index is 0.914. The molecule has 0 saturated heterocycles. The molecule has 0 aliphatic rings. The van der Waals surface area contributed by atoms with Crippen LogP contribution >= 0.6 is 0 Å². The van der Waals surface area contributed by atoms with Crippen molar-refractivity contribution in [3.63, 3.8) is 0 Å². The molecular weight excluding hydrogens is 889 g/mol. The molecule has 15 rings (SSSR count). The van der Waals surface area contributed by atoms with Gasteiger partial charge in [-0.3, -0.25) is 4.98 Å². The van der Waals surface area contributed by atoms with E-state index in [1.165, 1.54) is 48.8 Å². The van der Waals surface area contributed by atoms with Gasteiger partial charge in [0.2, 0.25) is 0 Å². The van der Waals surface area contributed by atoms with Crippen LogP contribution in [0.1, 0.15) is 0 Å². The van der Waals surface area contributed by atoms with Gasteiger partial charge in [0.05, 0.1) is 44.5 Å². The van der Waals surface area contributed by atoms with Crippen LogP contribution in [0, 0.1) is 0 Å². The summed E-state index contributed by atoms with van der Waals surface area (Å²) in [6.45, 7) is 0. The smallest absolute Gasteiger partial charge is 0.160 e. The SMILES string of the molecule is c1ccc(-c2nc(-c3ccc(-n4c5ccccc5c5cc(-c6cccc7cnccc67)ccc54)cc3)cc(-c3cc(-n4c5ccccc5c5ccccc54)cc(-n4c5ccccc5c5ccccc54)c3)n2)cc1. The second kappa shape index (κ2) is 16.3. The first-order valence-corrected chi connectivity index (χ1v) is 24.7. The molecule has 0 spiro atoms. The van der Waals surface area contributed by atoms with Crippen molar-refractivity contribution in [2.75, 3.05) is 0 Å². The lowest BCUT2D eigenvalue weighted by Crippen LogP contribution is -2.01. The molecule has 5 aromatic heterocycles. The number of aromatic nitrogens is 6. The summed E-state index contributed by atoms with van der Waals surface area (Å²) in [5.74, 6) is 0.665. The normalized spacial score (nSPS) is 11.8. The van der Waals surface area contributed by atoms with Gasteiger partial charge >= 0.3 is 0 Å². The molecule has 340 valence electrons. The topological polar surface area (TPSA) is 53.5 Å². The largest absolute Gasteiger partial charge is 0.309 e. The van der Waals surface area contributed by atoms with E-state index < -0.39 is 0 Å². The highest BCUT2D eigenvalue weighted by molar-refractivity contribution is 6.13. The number of hydrogen-bond acceptors (Lipinski definition) is 3. The summed E-state index contributed by atoms with van der Waals surface area (Å²) in [4.78, 5) is 15.1. The molecule has 0 fully saturated rings. The number of pyridine rings is 1. The van der Waals surface area contributed by atoms with Gasteiger partial charge < -0.3 is 13.7 Å². The first-order valence-electron chi connectivity index (χ1n) is 24.7. The number of rotatable bonds is 7. The summed E-state index contributed by atoms with van der Waals surface area (Å²) in [5.41, 5.74) is 17.0. The number of hydrogen-bond donors (Lipinski definition) is 0. The fourth-order valence-electron chi connectivity index (χ4n) is 11.4. The predicted octanol–water partition coefficient (Wildman–Crippen LogP) is 17.0. The maximum absolute atomic E-state index is 5.43. The van der Waals surface area contributed by atoms with Crippen molar-refractivity contribution in [1.29, 1.82) is 0 Å². The highest BCUT2D eigenvalue weighted by Crippen LogP contribution is 2.40. The minimum Gasteiger partial charge on any atom is -0.309 e. The summed E-state index contributed by atoms with van der Waals surface area (Å²) in [6.07, 6.45) is 3.81. The van der Waals surface area contributed by atoms with Crippen molar-refractivity contribution in [1.82, 2.24) is 28.7 Å². The van der Waals surface area contributed by atoms with Crippen molar-refractivity contribution in [2.24, 2.45) is 0 Å². The van der Waals surface area contributed by atoms with Crippen molar-refractivity contribution in [3.05, 3.63) is 255 Å². The van der Waals surface area contributed by atoms with Gasteiger partial charge in [0.25, 0.3) is 0 Å². The van der Waals surface area contributed by atoms with Gasteiger partial charge in [-0.1, -0.05) is 158 Å². The van der Waals surface area contributed by atoms with Crippen LogP contribution in [0.4, 0.5) is 0 Å². The van der Waals surface area contributed by atoms with Gasteiger partial charge in [0.15, 0.2) is 5.82 Å².